The number of nitrogens with zero attached hydrogens (tertiary/aromatic N) is 1. The molecule has 1 aromatic heterocycles. The lowest BCUT2D eigenvalue weighted by Crippen LogP contribution is -2.11. The van der Waals surface area contributed by atoms with E-state index in [2.05, 4.69) is 4.98 Å². The third kappa shape index (κ3) is 3.56. The summed E-state index contributed by atoms with van der Waals surface area (Å²) in [6.07, 6.45) is 0.374. The first kappa shape index (κ1) is 16.8. The minimum atomic E-state index is -0.542. The third-order valence-corrected chi connectivity index (χ3v) is 4.66. The maximum atomic E-state index is 14.2. The van der Waals surface area contributed by atoms with Crippen LogP contribution in [-0.4, -0.2) is 18.1 Å². The van der Waals surface area contributed by atoms with Gasteiger partial charge in [0.05, 0.1) is 16.5 Å². The summed E-state index contributed by atoms with van der Waals surface area (Å²) in [7, 11) is 0. The average molecular weight is 367 g/mol. The van der Waals surface area contributed by atoms with Crippen LogP contribution in [0.2, 0.25) is 5.02 Å². The van der Waals surface area contributed by atoms with Crippen molar-refractivity contribution in [1.29, 1.82) is 0 Å². The van der Waals surface area contributed by atoms with Gasteiger partial charge in [0.15, 0.2) is 11.6 Å². The molecule has 3 rings (SSSR count). The molecule has 0 atom stereocenters. The first-order valence-corrected chi connectivity index (χ1v) is 8.27. The second-order valence-corrected chi connectivity index (χ2v) is 6.50. The van der Waals surface area contributed by atoms with Gasteiger partial charge in [0, 0.05) is 22.7 Å². The molecule has 0 spiro atoms. The fourth-order valence-corrected chi connectivity index (χ4v) is 3.32. The van der Waals surface area contributed by atoms with E-state index < -0.39 is 5.82 Å². The highest BCUT2D eigenvalue weighted by Gasteiger charge is 2.11. The van der Waals surface area contributed by atoms with E-state index in [0.717, 1.165) is 10.2 Å². The van der Waals surface area contributed by atoms with E-state index >= 15 is 0 Å². The zero-order chi connectivity index (χ0) is 17.1. The molecule has 24 heavy (non-hydrogen) atoms. The highest BCUT2D eigenvalue weighted by atomic mass is 35.5. The summed E-state index contributed by atoms with van der Waals surface area (Å²) in [6, 6.07) is 9.95. The predicted molar refractivity (Wildman–Crippen MR) is 93.8 cm³/mol. The second kappa shape index (κ2) is 7.25. The highest BCUT2D eigenvalue weighted by molar-refractivity contribution is 7.21. The van der Waals surface area contributed by atoms with E-state index in [4.69, 9.17) is 22.1 Å². The molecule has 3 aromatic rings. The van der Waals surface area contributed by atoms with E-state index in [0.29, 0.717) is 21.9 Å². The van der Waals surface area contributed by atoms with Crippen LogP contribution in [0.15, 0.2) is 48.3 Å². The van der Waals surface area contributed by atoms with Crippen LogP contribution in [0.1, 0.15) is 0 Å². The van der Waals surface area contributed by atoms with Crippen molar-refractivity contribution in [1.82, 2.24) is 4.98 Å². The summed E-state index contributed by atoms with van der Waals surface area (Å²) in [6.45, 7) is -0.0760. The van der Waals surface area contributed by atoms with Crippen molar-refractivity contribution in [2.75, 3.05) is 13.2 Å². The van der Waals surface area contributed by atoms with Crippen LogP contribution < -0.4 is 10.5 Å². The molecular weight excluding hydrogens is 354 g/mol. The minimum Gasteiger partial charge on any atom is -0.486 e. The Labute approximate surface area is 146 Å². The van der Waals surface area contributed by atoms with Gasteiger partial charge in [-0.25, -0.2) is 13.8 Å². The average Bonchev–Trinajstić information content (AvgIpc) is 3.00. The van der Waals surface area contributed by atoms with Gasteiger partial charge in [-0.1, -0.05) is 11.6 Å². The number of benzene rings is 2. The molecular formula is C17H13ClF2N2OS. The van der Waals surface area contributed by atoms with E-state index in [1.54, 1.807) is 12.1 Å². The number of fused-ring (bicyclic) bond motifs is 1. The van der Waals surface area contributed by atoms with Crippen molar-refractivity contribution >= 4 is 33.2 Å². The topological polar surface area (TPSA) is 48.1 Å². The Kier molecular flexibility index (Phi) is 5.08. The molecule has 7 heteroatoms. The van der Waals surface area contributed by atoms with Crippen molar-refractivity contribution in [3.8, 4) is 16.3 Å². The van der Waals surface area contributed by atoms with Crippen molar-refractivity contribution < 1.29 is 13.5 Å². The van der Waals surface area contributed by atoms with E-state index in [1.807, 2.05) is 12.1 Å². The fraction of sp³-hybridized carbons (Fsp3) is 0.118. The molecule has 0 fully saturated rings. The number of ether oxygens (including phenoxy) is 1. The van der Waals surface area contributed by atoms with Crippen molar-refractivity contribution in [2.24, 2.45) is 5.73 Å². The molecule has 0 aliphatic heterocycles. The predicted octanol–water partition coefficient (Wildman–Crippen LogP) is 4.95. The summed E-state index contributed by atoms with van der Waals surface area (Å²) < 4.78 is 32.8. The molecule has 2 aromatic carbocycles. The zero-order valence-electron chi connectivity index (χ0n) is 12.4. The van der Waals surface area contributed by atoms with Crippen LogP contribution in [0.25, 0.3) is 20.8 Å². The lowest BCUT2D eigenvalue weighted by molar-refractivity contribution is 0.328. The van der Waals surface area contributed by atoms with Crippen LogP contribution in [0.4, 0.5) is 8.78 Å². The quantitative estimate of drug-likeness (QED) is 0.695. The Morgan fingerprint density at radius 2 is 2.12 bits per heavy atom. The van der Waals surface area contributed by atoms with Gasteiger partial charge >= 0.3 is 0 Å². The van der Waals surface area contributed by atoms with E-state index in [9.17, 15) is 8.78 Å². The Morgan fingerprint density at radius 1 is 1.29 bits per heavy atom. The molecule has 0 amide bonds. The van der Waals surface area contributed by atoms with Gasteiger partial charge in [0.1, 0.15) is 11.6 Å². The van der Waals surface area contributed by atoms with E-state index in [1.165, 1.54) is 23.5 Å². The standard InChI is InChI=1S/C17H13ClF2N2OS/c18-12-2-3-14-16(6-12)24-17(22-14)11-1-4-15(13(20)5-11)23-9-10(7-19)8-21/h1-7H,8-9,21H2/b10-7+. The number of aromatic nitrogens is 1. The summed E-state index contributed by atoms with van der Waals surface area (Å²) in [5.41, 5.74) is 7.03. The maximum Gasteiger partial charge on any atom is 0.165 e. The van der Waals surface area contributed by atoms with Crippen LogP contribution >= 0.6 is 22.9 Å². The molecule has 124 valence electrons. The molecule has 0 radical (unpaired) electrons. The largest absolute Gasteiger partial charge is 0.486 e. The molecule has 0 bridgehead atoms. The molecule has 0 unspecified atom stereocenters. The molecule has 0 aliphatic rings. The third-order valence-electron chi connectivity index (χ3n) is 3.36. The molecule has 2 N–H and O–H groups in total. The number of hydrogen-bond donors (Lipinski definition) is 1. The SMILES string of the molecule is NC/C(=C\F)COc1ccc(-c2nc3ccc(Cl)cc3s2)cc1F. The summed E-state index contributed by atoms with van der Waals surface area (Å²) in [4.78, 5) is 4.47. The number of hydrogen-bond acceptors (Lipinski definition) is 4. The minimum absolute atomic E-state index is 0.0183. The van der Waals surface area contributed by atoms with Gasteiger partial charge in [-0.3, -0.25) is 0 Å². The van der Waals surface area contributed by atoms with Crippen molar-refractivity contribution in [3.63, 3.8) is 0 Å². The first-order valence-electron chi connectivity index (χ1n) is 7.07. The normalized spacial score (nSPS) is 11.9. The Balaban J connectivity index is 1.85. The molecule has 1 heterocycles. The smallest absolute Gasteiger partial charge is 0.165 e. The molecule has 0 aliphatic carbocycles. The van der Waals surface area contributed by atoms with Gasteiger partial charge in [-0.05, 0) is 36.4 Å². The molecule has 0 saturated heterocycles. The van der Waals surface area contributed by atoms with Gasteiger partial charge in [-0.15, -0.1) is 11.3 Å². The monoisotopic (exact) mass is 366 g/mol. The Morgan fingerprint density at radius 3 is 2.83 bits per heavy atom. The van der Waals surface area contributed by atoms with Crippen LogP contribution in [0, 0.1) is 5.82 Å². The Bertz CT molecular complexity index is 911. The highest BCUT2D eigenvalue weighted by Crippen LogP contribution is 2.33. The van der Waals surface area contributed by atoms with Crippen molar-refractivity contribution in [2.45, 2.75) is 0 Å². The number of rotatable bonds is 5. The van der Waals surface area contributed by atoms with Gasteiger partial charge in [-0.2, -0.15) is 0 Å². The van der Waals surface area contributed by atoms with Gasteiger partial charge < -0.3 is 10.5 Å². The van der Waals surface area contributed by atoms with Crippen LogP contribution in [0.3, 0.4) is 0 Å². The van der Waals surface area contributed by atoms with Gasteiger partial charge in [0.2, 0.25) is 0 Å². The number of nitrogens with two attached hydrogens (primary N) is 1. The molecule has 0 saturated carbocycles. The first-order chi connectivity index (χ1) is 11.6. The lowest BCUT2D eigenvalue weighted by atomic mass is 10.2. The summed E-state index contributed by atoms with van der Waals surface area (Å²) in [5.74, 6) is -0.504. The van der Waals surface area contributed by atoms with Gasteiger partial charge in [0.25, 0.3) is 0 Å². The zero-order valence-corrected chi connectivity index (χ0v) is 14.0. The molecule has 3 nitrogen and oxygen atoms in total. The van der Waals surface area contributed by atoms with Crippen molar-refractivity contribution in [3.05, 3.63) is 59.1 Å². The summed E-state index contributed by atoms with van der Waals surface area (Å²) >= 11 is 7.39. The van der Waals surface area contributed by atoms with Crippen LogP contribution in [0.5, 0.6) is 5.75 Å². The number of halogens is 3. The number of thiazole rings is 1. The summed E-state index contributed by atoms with van der Waals surface area (Å²) in [5, 5.41) is 1.31. The lowest BCUT2D eigenvalue weighted by Gasteiger charge is -2.08. The fourth-order valence-electron chi connectivity index (χ4n) is 2.08. The van der Waals surface area contributed by atoms with Crippen LogP contribution in [-0.2, 0) is 0 Å². The Hall–Kier alpha value is -2.02. The van der Waals surface area contributed by atoms with E-state index in [-0.39, 0.29) is 24.5 Å². The maximum absolute atomic E-state index is 14.2. The second-order valence-electron chi connectivity index (χ2n) is 5.04.